The van der Waals surface area contributed by atoms with Gasteiger partial charge in [0.15, 0.2) is 5.60 Å². The van der Waals surface area contributed by atoms with E-state index < -0.39 is 5.60 Å². The lowest BCUT2D eigenvalue weighted by molar-refractivity contribution is 0.102. The zero-order valence-corrected chi connectivity index (χ0v) is 19.6. The van der Waals surface area contributed by atoms with E-state index in [1.165, 1.54) is 0 Å². The Hall–Kier alpha value is -4.30. The van der Waals surface area contributed by atoms with Crippen molar-refractivity contribution in [1.82, 2.24) is 24.4 Å². The zero-order chi connectivity index (χ0) is 24.4. The minimum Gasteiger partial charge on any atom is -0.374 e. The molecule has 0 aliphatic carbocycles. The smallest absolute Gasteiger partial charge is 0.258 e. The summed E-state index contributed by atoms with van der Waals surface area (Å²) in [5.74, 6) is -0.0586. The SMILES string of the molecule is CCc1c(C(O)(c2ccccc2)c2ccccc2)nn2ccc(C(=O)Nc3ncn(CC)n3)cc12. The number of pyridine rings is 1. The van der Waals surface area contributed by atoms with Crippen LogP contribution in [0.5, 0.6) is 0 Å². The zero-order valence-electron chi connectivity index (χ0n) is 19.6. The van der Waals surface area contributed by atoms with Crippen LogP contribution in [-0.2, 0) is 18.6 Å². The molecule has 0 aliphatic heterocycles. The minimum atomic E-state index is -1.46. The van der Waals surface area contributed by atoms with Gasteiger partial charge in [-0.15, -0.1) is 5.10 Å². The number of aromatic nitrogens is 5. The first-order valence-electron chi connectivity index (χ1n) is 11.6. The van der Waals surface area contributed by atoms with Gasteiger partial charge in [0.1, 0.15) is 12.0 Å². The molecule has 5 rings (SSSR count). The molecule has 0 fully saturated rings. The highest BCUT2D eigenvalue weighted by Gasteiger charge is 2.38. The first kappa shape index (κ1) is 22.5. The van der Waals surface area contributed by atoms with Crippen molar-refractivity contribution in [3.8, 4) is 0 Å². The summed E-state index contributed by atoms with van der Waals surface area (Å²) in [6.07, 6.45) is 3.93. The fourth-order valence-corrected chi connectivity index (χ4v) is 4.35. The number of amides is 1. The van der Waals surface area contributed by atoms with Gasteiger partial charge in [-0.25, -0.2) is 9.50 Å². The van der Waals surface area contributed by atoms with Crippen LogP contribution < -0.4 is 5.32 Å². The number of nitrogens with zero attached hydrogens (tertiary/aromatic N) is 5. The number of aryl methyl sites for hydroxylation is 2. The van der Waals surface area contributed by atoms with Crippen molar-refractivity contribution in [3.05, 3.63) is 113 Å². The molecule has 2 aromatic carbocycles. The Kier molecular flexibility index (Phi) is 5.88. The van der Waals surface area contributed by atoms with Crippen molar-refractivity contribution >= 4 is 17.4 Å². The summed E-state index contributed by atoms with van der Waals surface area (Å²) in [5, 5.41) is 24.0. The fraction of sp³-hybridized carbons (Fsp3) is 0.185. The fourth-order valence-electron chi connectivity index (χ4n) is 4.35. The number of hydrogen-bond donors (Lipinski definition) is 2. The Morgan fingerprint density at radius 1 is 0.971 bits per heavy atom. The van der Waals surface area contributed by atoms with Crippen molar-refractivity contribution in [2.75, 3.05) is 5.32 Å². The van der Waals surface area contributed by atoms with E-state index in [0.717, 1.165) is 22.2 Å². The molecule has 1 amide bonds. The molecule has 3 aromatic heterocycles. The molecule has 176 valence electrons. The van der Waals surface area contributed by atoms with Crippen LogP contribution in [0.1, 0.15) is 46.6 Å². The molecule has 2 N–H and O–H groups in total. The normalized spacial score (nSPS) is 11.6. The van der Waals surface area contributed by atoms with Crippen LogP contribution in [0.4, 0.5) is 5.95 Å². The van der Waals surface area contributed by atoms with E-state index in [1.807, 2.05) is 74.5 Å². The van der Waals surface area contributed by atoms with Crippen molar-refractivity contribution in [2.45, 2.75) is 32.4 Å². The van der Waals surface area contributed by atoms with Crippen LogP contribution >= 0.6 is 0 Å². The average molecular weight is 467 g/mol. The number of fused-ring (bicyclic) bond motifs is 1. The first-order valence-corrected chi connectivity index (χ1v) is 11.6. The number of carbonyl (C=O) groups excluding carboxylic acids is 1. The summed E-state index contributed by atoms with van der Waals surface area (Å²) in [7, 11) is 0. The molecule has 5 aromatic rings. The molecule has 0 atom stereocenters. The van der Waals surface area contributed by atoms with E-state index in [9.17, 15) is 9.90 Å². The number of rotatable bonds is 7. The lowest BCUT2D eigenvalue weighted by Gasteiger charge is -2.28. The Morgan fingerprint density at radius 2 is 1.63 bits per heavy atom. The monoisotopic (exact) mass is 466 g/mol. The Morgan fingerprint density at radius 3 is 2.20 bits per heavy atom. The number of aliphatic hydroxyl groups is 1. The van der Waals surface area contributed by atoms with E-state index >= 15 is 0 Å². The third-order valence-electron chi connectivity index (χ3n) is 6.16. The summed E-state index contributed by atoms with van der Waals surface area (Å²) in [6.45, 7) is 4.63. The summed E-state index contributed by atoms with van der Waals surface area (Å²) in [5.41, 5.74) is 2.60. The quantitative estimate of drug-likeness (QED) is 0.377. The number of carbonyl (C=O) groups is 1. The Balaban J connectivity index is 1.62. The number of nitrogens with one attached hydrogen (secondary N) is 1. The number of anilines is 1. The molecule has 0 spiro atoms. The molecule has 0 saturated carbocycles. The Labute approximate surface area is 202 Å². The van der Waals surface area contributed by atoms with Gasteiger partial charge in [-0.2, -0.15) is 5.10 Å². The van der Waals surface area contributed by atoms with Crippen LogP contribution in [0.3, 0.4) is 0 Å². The second kappa shape index (κ2) is 9.15. The minimum absolute atomic E-state index is 0.254. The van der Waals surface area contributed by atoms with Gasteiger partial charge in [0.25, 0.3) is 5.91 Å². The molecule has 0 bridgehead atoms. The van der Waals surface area contributed by atoms with Gasteiger partial charge in [0, 0.05) is 23.9 Å². The molecule has 3 heterocycles. The summed E-state index contributed by atoms with van der Waals surface area (Å²) >= 11 is 0. The van der Waals surface area contributed by atoms with E-state index in [0.29, 0.717) is 24.2 Å². The van der Waals surface area contributed by atoms with Gasteiger partial charge < -0.3 is 5.11 Å². The molecule has 0 radical (unpaired) electrons. The highest BCUT2D eigenvalue weighted by molar-refractivity contribution is 6.04. The molecular formula is C27H26N6O2. The summed E-state index contributed by atoms with van der Waals surface area (Å²) in [4.78, 5) is 17.0. The van der Waals surface area contributed by atoms with Gasteiger partial charge >= 0.3 is 0 Å². The molecule has 0 unspecified atom stereocenters. The van der Waals surface area contributed by atoms with Crippen LogP contribution in [0.15, 0.2) is 85.3 Å². The average Bonchev–Trinajstić information content (AvgIpc) is 3.53. The van der Waals surface area contributed by atoms with Crippen molar-refractivity contribution in [3.63, 3.8) is 0 Å². The molecule has 35 heavy (non-hydrogen) atoms. The standard InChI is InChI=1S/C27H26N6O2/c1-3-22-23-17-19(25(34)29-26-28-18-32(4-2)31-26)15-16-33(23)30-24(22)27(35,20-11-7-5-8-12-20)21-13-9-6-10-14-21/h5-18,35H,3-4H2,1-2H3,(H,29,31,34). The van der Waals surface area contributed by atoms with Gasteiger partial charge in [0.2, 0.25) is 5.95 Å². The van der Waals surface area contributed by atoms with Crippen LogP contribution in [0, 0.1) is 0 Å². The summed E-state index contributed by atoms with van der Waals surface area (Å²) in [6, 6.07) is 22.5. The molecular weight excluding hydrogens is 440 g/mol. The van der Waals surface area contributed by atoms with Crippen molar-refractivity contribution in [1.29, 1.82) is 0 Å². The highest BCUT2D eigenvalue weighted by atomic mass is 16.3. The lowest BCUT2D eigenvalue weighted by Crippen LogP contribution is -2.30. The van der Waals surface area contributed by atoms with E-state index in [-0.39, 0.29) is 11.9 Å². The van der Waals surface area contributed by atoms with E-state index in [2.05, 4.69) is 15.4 Å². The predicted octanol–water partition coefficient (Wildman–Crippen LogP) is 4.04. The maximum absolute atomic E-state index is 12.9. The number of hydrogen-bond acceptors (Lipinski definition) is 5. The van der Waals surface area contributed by atoms with Crippen molar-refractivity contribution < 1.29 is 9.90 Å². The maximum Gasteiger partial charge on any atom is 0.258 e. The maximum atomic E-state index is 12.9. The molecule has 8 nitrogen and oxygen atoms in total. The second-order valence-corrected chi connectivity index (χ2v) is 8.25. The van der Waals surface area contributed by atoms with Crippen LogP contribution in [0.2, 0.25) is 0 Å². The van der Waals surface area contributed by atoms with Gasteiger partial charge in [-0.05, 0) is 36.6 Å². The Bertz CT molecular complexity index is 1430. The predicted molar refractivity (Wildman–Crippen MR) is 133 cm³/mol. The van der Waals surface area contributed by atoms with Gasteiger partial charge in [0.05, 0.1) is 5.52 Å². The lowest BCUT2D eigenvalue weighted by atomic mass is 9.81. The van der Waals surface area contributed by atoms with E-state index in [1.54, 1.807) is 33.9 Å². The van der Waals surface area contributed by atoms with Gasteiger partial charge in [-0.1, -0.05) is 67.6 Å². The van der Waals surface area contributed by atoms with Crippen LogP contribution in [0.25, 0.3) is 5.52 Å². The number of benzene rings is 2. The van der Waals surface area contributed by atoms with Crippen LogP contribution in [-0.4, -0.2) is 35.4 Å². The highest BCUT2D eigenvalue weighted by Crippen LogP contribution is 2.39. The molecule has 0 aliphatic rings. The van der Waals surface area contributed by atoms with Crippen molar-refractivity contribution in [2.24, 2.45) is 0 Å². The third-order valence-corrected chi connectivity index (χ3v) is 6.16. The summed E-state index contributed by atoms with van der Waals surface area (Å²) < 4.78 is 3.36. The van der Waals surface area contributed by atoms with Gasteiger partial charge in [-0.3, -0.25) is 14.8 Å². The second-order valence-electron chi connectivity index (χ2n) is 8.25. The first-order chi connectivity index (χ1) is 17.0. The topological polar surface area (TPSA) is 97.3 Å². The largest absolute Gasteiger partial charge is 0.374 e. The van der Waals surface area contributed by atoms with E-state index in [4.69, 9.17) is 5.10 Å². The third kappa shape index (κ3) is 3.98. The molecule has 8 heteroatoms. The molecule has 0 saturated heterocycles.